The Bertz CT molecular complexity index is 542. The van der Waals surface area contributed by atoms with E-state index in [2.05, 4.69) is 5.32 Å². The van der Waals surface area contributed by atoms with E-state index in [1.807, 2.05) is 0 Å². The fourth-order valence-corrected chi connectivity index (χ4v) is 1.42. The second-order valence-electron chi connectivity index (χ2n) is 4.82. The number of nitrogens with two attached hydrogens (primary N) is 1. The minimum atomic E-state index is -4.58. The summed E-state index contributed by atoms with van der Waals surface area (Å²) >= 11 is 0. The molecule has 0 aliphatic rings. The van der Waals surface area contributed by atoms with Gasteiger partial charge in [0.2, 0.25) is 5.91 Å². The van der Waals surface area contributed by atoms with Crippen molar-refractivity contribution in [1.82, 2.24) is 5.32 Å². The molecule has 3 N–H and O–H groups in total. The van der Waals surface area contributed by atoms with E-state index in [4.69, 9.17) is 10.5 Å². The van der Waals surface area contributed by atoms with Gasteiger partial charge in [-0.1, -0.05) is 12.1 Å². The summed E-state index contributed by atoms with van der Waals surface area (Å²) in [6.45, 7) is 2.08. The van der Waals surface area contributed by atoms with Crippen LogP contribution >= 0.6 is 0 Å². The van der Waals surface area contributed by atoms with Crippen molar-refractivity contribution >= 4 is 11.8 Å². The second-order valence-corrected chi connectivity index (χ2v) is 4.82. The van der Waals surface area contributed by atoms with Crippen LogP contribution in [0, 0.1) is 0 Å². The number of rotatable bonds is 5. The van der Waals surface area contributed by atoms with Crippen LogP contribution in [0.4, 0.5) is 13.2 Å². The Hall–Kier alpha value is -2.25. The summed E-state index contributed by atoms with van der Waals surface area (Å²) in [5.74, 6) is -1.99. The molecule has 1 aromatic rings. The quantitative estimate of drug-likeness (QED) is 0.864. The molecule has 1 rings (SSSR count). The number of amides is 2. The van der Waals surface area contributed by atoms with Gasteiger partial charge in [0.25, 0.3) is 5.91 Å². The van der Waals surface area contributed by atoms with Crippen LogP contribution < -0.4 is 15.8 Å². The molecule has 0 bridgehead atoms. The third-order valence-electron chi connectivity index (χ3n) is 2.62. The monoisotopic (exact) mass is 304 g/mol. The summed E-state index contributed by atoms with van der Waals surface area (Å²) in [4.78, 5) is 22.6. The summed E-state index contributed by atoms with van der Waals surface area (Å²) in [7, 11) is 0. The van der Waals surface area contributed by atoms with Gasteiger partial charge in [-0.15, -0.1) is 0 Å². The molecule has 0 aliphatic heterocycles. The van der Waals surface area contributed by atoms with Crippen LogP contribution in [0.1, 0.15) is 19.4 Å². The molecule has 0 saturated heterocycles. The molecule has 21 heavy (non-hydrogen) atoms. The van der Waals surface area contributed by atoms with Gasteiger partial charge in [-0.25, -0.2) is 0 Å². The molecule has 2 amide bonds. The summed E-state index contributed by atoms with van der Waals surface area (Å²) in [5, 5.41) is 2.26. The van der Waals surface area contributed by atoms with Crippen molar-refractivity contribution in [2.45, 2.75) is 25.6 Å². The Balaban J connectivity index is 2.73. The predicted molar refractivity (Wildman–Crippen MR) is 68.4 cm³/mol. The number of hydrogen-bond donors (Lipinski definition) is 2. The van der Waals surface area contributed by atoms with E-state index in [-0.39, 0.29) is 0 Å². The molecule has 8 heteroatoms. The van der Waals surface area contributed by atoms with Crippen LogP contribution in [-0.4, -0.2) is 24.0 Å². The Kier molecular flexibility index (Phi) is 4.82. The van der Waals surface area contributed by atoms with Gasteiger partial charge < -0.3 is 15.8 Å². The summed E-state index contributed by atoms with van der Waals surface area (Å²) in [6, 6.07) is 4.53. The van der Waals surface area contributed by atoms with Crippen molar-refractivity contribution in [3.05, 3.63) is 29.8 Å². The average molecular weight is 304 g/mol. The van der Waals surface area contributed by atoms with Crippen LogP contribution in [-0.2, 0) is 15.8 Å². The van der Waals surface area contributed by atoms with Crippen molar-refractivity contribution in [2.75, 3.05) is 6.61 Å². The molecule has 116 valence electrons. The van der Waals surface area contributed by atoms with Crippen LogP contribution in [0.3, 0.4) is 0 Å². The van der Waals surface area contributed by atoms with Gasteiger partial charge in [-0.05, 0) is 26.0 Å². The van der Waals surface area contributed by atoms with Crippen LogP contribution in [0.15, 0.2) is 24.3 Å². The van der Waals surface area contributed by atoms with E-state index in [9.17, 15) is 22.8 Å². The molecule has 1 aromatic carbocycles. The molecule has 0 radical (unpaired) electrons. The Morgan fingerprint density at radius 3 is 2.33 bits per heavy atom. The maximum absolute atomic E-state index is 12.7. The maximum atomic E-state index is 12.7. The van der Waals surface area contributed by atoms with Gasteiger partial charge in [0.1, 0.15) is 11.3 Å². The highest BCUT2D eigenvalue weighted by Crippen LogP contribution is 2.35. The lowest BCUT2D eigenvalue weighted by Crippen LogP contribution is -2.54. The Morgan fingerprint density at radius 1 is 1.24 bits per heavy atom. The number of carbonyl (C=O) groups is 2. The highest BCUT2D eigenvalue weighted by atomic mass is 19.4. The maximum Gasteiger partial charge on any atom is 0.419 e. The highest BCUT2D eigenvalue weighted by Gasteiger charge is 2.34. The Morgan fingerprint density at radius 2 is 1.81 bits per heavy atom. The topological polar surface area (TPSA) is 81.4 Å². The lowest BCUT2D eigenvalue weighted by atomic mass is 10.1. The van der Waals surface area contributed by atoms with Crippen molar-refractivity contribution in [3.63, 3.8) is 0 Å². The van der Waals surface area contributed by atoms with E-state index in [1.54, 1.807) is 0 Å². The first-order chi connectivity index (χ1) is 9.54. The number of hydrogen-bond acceptors (Lipinski definition) is 3. The molecule has 0 aliphatic carbocycles. The number of halogens is 3. The molecule has 0 unspecified atom stereocenters. The zero-order valence-electron chi connectivity index (χ0n) is 11.5. The number of benzene rings is 1. The minimum Gasteiger partial charge on any atom is -0.483 e. The van der Waals surface area contributed by atoms with Crippen molar-refractivity contribution in [3.8, 4) is 5.75 Å². The third kappa shape index (κ3) is 4.66. The van der Waals surface area contributed by atoms with E-state index in [0.717, 1.165) is 12.1 Å². The summed E-state index contributed by atoms with van der Waals surface area (Å²) in [5.41, 5.74) is 2.77. The van der Waals surface area contributed by atoms with Gasteiger partial charge >= 0.3 is 6.18 Å². The Labute approximate surface area is 119 Å². The largest absolute Gasteiger partial charge is 0.483 e. The predicted octanol–water partition coefficient (Wildman–Crippen LogP) is 1.46. The zero-order valence-corrected chi connectivity index (χ0v) is 11.5. The molecule has 0 fully saturated rings. The fraction of sp³-hybridized carbons (Fsp3) is 0.385. The first-order valence-corrected chi connectivity index (χ1v) is 5.94. The molecule has 0 atom stereocenters. The lowest BCUT2D eigenvalue weighted by Gasteiger charge is -2.22. The molecule has 0 heterocycles. The van der Waals surface area contributed by atoms with Gasteiger partial charge in [0, 0.05) is 0 Å². The summed E-state index contributed by atoms with van der Waals surface area (Å²) in [6.07, 6.45) is -4.58. The smallest absolute Gasteiger partial charge is 0.419 e. The highest BCUT2D eigenvalue weighted by molar-refractivity contribution is 5.90. The van der Waals surface area contributed by atoms with Gasteiger partial charge in [0.05, 0.1) is 5.56 Å². The molecule has 0 spiro atoms. The number of ether oxygens (including phenoxy) is 1. The van der Waals surface area contributed by atoms with Gasteiger partial charge in [0.15, 0.2) is 6.61 Å². The van der Waals surface area contributed by atoms with Crippen molar-refractivity contribution < 1.29 is 27.5 Å². The number of alkyl halides is 3. The van der Waals surface area contributed by atoms with Crippen molar-refractivity contribution in [2.24, 2.45) is 5.73 Å². The zero-order chi connectivity index (χ0) is 16.3. The summed E-state index contributed by atoms with van der Waals surface area (Å²) < 4.78 is 43.0. The second kappa shape index (κ2) is 6.02. The fourth-order valence-electron chi connectivity index (χ4n) is 1.42. The first kappa shape index (κ1) is 16.8. The SMILES string of the molecule is CC(C)(NC(=O)COc1ccccc1C(F)(F)F)C(N)=O. The lowest BCUT2D eigenvalue weighted by molar-refractivity contribution is -0.140. The number of carbonyl (C=O) groups excluding carboxylic acids is 2. The van der Waals surface area contributed by atoms with Gasteiger partial charge in [-0.2, -0.15) is 13.2 Å². The van der Waals surface area contributed by atoms with E-state index >= 15 is 0 Å². The standard InChI is InChI=1S/C13H15F3N2O3/c1-12(2,11(17)20)18-10(19)7-21-9-6-4-3-5-8(9)13(14,15)16/h3-6H,7H2,1-2H3,(H2,17,20)(H,18,19). The first-order valence-electron chi connectivity index (χ1n) is 5.94. The third-order valence-corrected chi connectivity index (χ3v) is 2.62. The molecule has 0 aromatic heterocycles. The minimum absolute atomic E-state index is 0.461. The average Bonchev–Trinajstić information content (AvgIpc) is 2.35. The van der Waals surface area contributed by atoms with Gasteiger partial charge in [-0.3, -0.25) is 9.59 Å². The van der Waals surface area contributed by atoms with Crippen molar-refractivity contribution in [1.29, 1.82) is 0 Å². The molecule has 0 saturated carbocycles. The van der Waals surface area contributed by atoms with Crippen LogP contribution in [0.5, 0.6) is 5.75 Å². The van der Waals surface area contributed by atoms with Crippen LogP contribution in [0.25, 0.3) is 0 Å². The number of nitrogens with one attached hydrogen (secondary N) is 1. The van der Waals surface area contributed by atoms with Crippen LogP contribution in [0.2, 0.25) is 0 Å². The molecular formula is C13H15F3N2O3. The van der Waals surface area contributed by atoms with E-state index in [1.165, 1.54) is 26.0 Å². The number of primary amides is 1. The molecule has 5 nitrogen and oxygen atoms in total. The number of para-hydroxylation sites is 1. The normalized spacial score (nSPS) is 11.9. The molecular weight excluding hydrogens is 289 g/mol. The van der Waals surface area contributed by atoms with E-state index < -0.39 is 41.4 Å². The van der Waals surface area contributed by atoms with E-state index in [0.29, 0.717) is 0 Å².